The lowest BCUT2D eigenvalue weighted by Gasteiger charge is -2.64. The molecule has 152 valence electrons. The molecule has 0 heterocycles. The minimum atomic E-state index is -0.647. The molecule has 0 aliphatic heterocycles. The van der Waals surface area contributed by atoms with Gasteiger partial charge in [0.05, 0.1) is 17.3 Å². The molecule has 0 aromatic heterocycles. The highest BCUT2D eigenvalue weighted by atomic mass is 16.3. The molecular formula is C24H38O3. The van der Waals surface area contributed by atoms with Crippen molar-refractivity contribution in [2.24, 2.45) is 52.3 Å². The molecule has 0 amide bonds. The van der Waals surface area contributed by atoms with Gasteiger partial charge in [0, 0.05) is 6.42 Å². The van der Waals surface area contributed by atoms with Crippen LogP contribution in [0.5, 0.6) is 0 Å². The predicted octanol–water partition coefficient (Wildman–Crippen LogP) is 3.75. The second-order valence-electron chi connectivity index (χ2n) is 12.1. The van der Waals surface area contributed by atoms with Crippen molar-refractivity contribution in [1.29, 1.82) is 0 Å². The van der Waals surface area contributed by atoms with E-state index in [2.05, 4.69) is 20.8 Å². The van der Waals surface area contributed by atoms with Gasteiger partial charge in [-0.3, -0.25) is 0 Å². The van der Waals surface area contributed by atoms with Gasteiger partial charge in [-0.2, -0.15) is 0 Å². The van der Waals surface area contributed by atoms with Crippen LogP contribution in [-0.4, -0.2) is 32.6 Å². The van der Waals surface area contributed by atoms with Crippen LogP contribution in [0.4, 0.5) is 0 Å². The van der Waals surface area contributed by atoms with Crippen molar-refractivity contribution in [3.05, 3.63) is 0 Å². The summed E-state index contributed by atoms with van der Waals surface area (Å²) in [6.45, 7) is 7.02. The Morgan fingerprint density at radius 1 is 0.889 bits per heavy atom. The van der Waals surface area contributed by atoms with E-state index in [1.807, 2.05) is 0 Å². The summed E-state index contributed by atoms with van der Waals surface area (Å²) in [6, 6.07) is 0. The number of rotatable bonds is 2. The topological polar surface area (TPSA) is 60.7 Å². The Bertz CT molecular complexity index is 679. The van der Waals surface area contributed by atoms with Crippen LogP contribution in [0.3, 0.4) is 0 Å². The molecule has 3 nitrogen and oxygen atoms in total. The number of fused-ring (bicyclic) bond motifs is 10. The van der Waals surface area contributed by atoms with Crippen molar-refractivity contribution in [3.8, 4) is 0 Å². The van der Waals surface area contributed by atoms with E-state index in [1.54, 1.807) is 0 Å². The summed E-state index contributed by atoms with van der Waals surface area (Å²) in [4.78, 5) is 0. The van der Waals surface area contributed by atoms with E-state index in [9.17, 15) is 15.3 Å². The summed E-state index contributed by atoms with van der Waals surface area (Å²) in [5, 5.41) is 34.0. The summed E-state index contributed by atoms with van der Waals surface area (Å²) >= 11 is 0. The van der Waals surface area contributed by atoms with E-state index in [0.29, 0.717) is 41.9 Å². The monoisotopic (exact) mass is 374 g/mol. The fraction of sp³-hybridized carbons (Fsp3) is 1.00. The first kappa shape index (κ1) is 17.7. The van der Waals surface area contributed by atoms with Crippen LogP contribution in [0.15, 0.2) is 0 Å². The second kappa shape index (κ2) is 4.95. The van der Waals surface area contributed by atoms with Gasteiger partial charge in [-0.05, 0) is 97.2 Å². The van der Waals surface area contributed by atoms with Gasteiger partial charge in [0.2, 0.25) is 0 Å². The van der Waals surface area contributed by atoms with Gasteiger partial charge in [-0.25, -0.2) is 0 Å². The molecule has 0 bridgehead atoms. The molecular weight excluding hydrogens is 336 g/mol. The maximum Gasteiger partial charge on any atom is 0.0759 e. The van der Waals surface area contributed by atoms with Gasteiger partial charge >= 0.3 is 0 Å². The lowest BCUT2D eigenvalue weighted by molar-refractivity contribution is -0.237. The first-order chi connectivity index (χ1) is 12.7. The Morgan fingerprint density at radius 3 is 2.33 bits per heavy atom. The standard InChI is InChI=1S/C24H38O3/c1-4-7-23(26)18-11-15(18)20-19-14-10-17(14)24(27)12-13(25)5-8-21(24,2)16(19)6-9-22(20,23)3/h13-20,25-27H,4-12H2,1-3H3/t13-,14?,15?,16?,17+,18?,19?,20?,21+,22-,23-,24+/m0/s1. The molecule has 0 saturated heterocycles. The highest BCUT2D eigenvalue weighted by molar-refractivity contribution is 5.29. The summed E-state index contributed by atoms with van der Waals surface area (Å²) in [5.74, 6) is 4.29. The fourth-order valence-electron chi connectivity index (χ4n) is 10.1. The molecule has 6 aliphatic rings. The minimum Gasteiger partial charge on any atom is -0.393 e. The molecule has 3 heteroatoms. The number of hydrogen-bond donors (Lipinski definition) is 3. The zero-order valence-electron chi connectivity index (χ0n) is 17.3. The Labute approximate surface area is 163 Å². The van der Waals surface area contributed by atoms with Crippen molar-refractivity contribution in [2.45, 2.75) is 95.9 Å². The molecule has 27 heavy (non-hydrogen) atoms. The molecule has 12 atom stereocenters. The Kier molecular flexibility index (Phi) is 3.25. The number of aliphatic hydroxyl groups excluding tert-OH is 1. The van der Waals surface area contributed by atoms with Crippen LogP contribution < -0.4 is 0 Å². The normalized spacial score (nSPS) is 68.2. The van der Waals surface area contributed by atoms with Crippen LogP contribution in [0.1, 0.15) is 78.6 Å². The van der Waals surface area contributed by atoms with Gasteiger partial charge in [0.1, 0.15) is 0 Å². The molecule has 3 N–H and O–H groups in total. The smallest absolute Gasteiger partial charge is 0.0759 e. The van der Waals surface area contributed by atoms with Gasteiger partial charge in [0.25, 0.3) is 0 Å². The molecule has 0 aromatic carbocycles. The third-order valence-electron chi connectivity index (χ3n) is 11.4. The number of hydrogen-bond acceptors (Lipinski definition) is 3. The molecule has 0 radical (unpaired) electrons. The Hall–Kier alpha value is -0.120. The van der Waals surface area contributed by atoms with Crippen LogP contribution in [-0.2, 0) is 0 Å². The Balaban J connectivity index is 1.41. The number of aliphatic hydroxyl groups is 3. The van der Waals surface area contributed by atoms with Gasteiger partial charge < -0.3 is 15.3 Å². The molecule has 6 unspecified atom stereocenters. The van der Waals surface area contributed by atoms with Gasteiger partial charge in [-0.1, -0.05) is 27.2 Å². The van der Waals surface area contributed by atoms with Crippen molar-refractivity contribution in [2.75, 3.05) is 0 Å². The predicted molar refractivity (Wildman–Crippen MR) is 104 cm³/mol. The van der Waals surface area contributed by atoms with E-state index in [1.165, 1.54) is 12.8 Å². The molecule has 6 aliphatic carbocycles. The van der Waals surface area contributed by atoms with Gasteiger partial charge in [0.15, 0.2) is 0 Å². The second-order valence-corrected chi connectivity index (χ2v) is 12.1. The van der Waals surface area contributed by atoms with E-state index in [4.69, 9.17) is 0 Å². The third kappa shape index (κ3) is 1.79. The van der Waals surface area contributed by atoms with Crippen molar-refractivity contribution < 1.29 is 15.3 Å². The van der Waals surface area contributed by atoms with Crippen LogP contribution in [0.25, 0.3) is 0 Å². The molecule has 6 rings (SSSR count). The summed E-state index contributed by atoms with van der Waals surface area (Å²) in [7, 11) is 0. The molecule has 0 aromatic rings. The average Bonchev–Trinajstić information content (AvgIpc) is 3.49. The third-order valence-corrected chi connectivity index (χ3v) is 11.4. The first-order valence-electron chi connectivity index (χ1n) is 11.8. The SMILES string of the molecule is CCC[C@]1(O)C2CC2C2C3C4C[C@H]4[C@]4(O)C[C@@H](O)CC[C@]4(C)C3CC[C@@]21C. The fourth-order valence-corrected chi connectivity index (χ4v) is 10.1. The lowest BCUT2D eigenvalue weighted by atomic mass is 9.42. The summed E-state index contributed by atoms with van der Waals surface area (Å²) < 4.78 is 0. The summed E-state index contributed by atoms with van der Waals surface area (Å²) in [6.07, 6.45) is 8.88. The van der Waals surface area contributed by atoms with Crippen LogP contribution in [0, 0.1) is 52.3 Å². The van der Waals surface area contributed by atoms with Crippen LogP contribution in [0.2, 0.25) is 0 Å². The van der Waals surface area contributed by atoms with Crippen molar-refractivity contribution in [3.63, 3.8) is 0 Å². The minimum absolute atomic E-state index is 0.0360. The quantitative estimate of drug-likeness (QED) is 0.690. The van der Waals surface area contributed by atoms with E-state index < -0.39 is 11.2 Å². The average molecular weight is 375 g/mol. The molecule has 6 saturated carbocycles. The molecule has 0 spiro atoms. The van der Waals surface area contributed by atoms with E-state index >= 15 is 0 Å². The van der Waals surface area contributed by atoms with E-state index in [-0.39, 0.29) is 16.9 Å². The Morgan fingerprint density at radius 2 is 1.59 bits per heavy atom. The summed E-state index contributed by atoms with van der Waals surface area (Å²) in [5.41, 5.74) is -1.04. The van der Waals surface area contributed by atoms with Crippen molar-refractivity contribution >= 4 is 0 Å². The van der Waals surface area contributed by atoms with E-state index in [0.717, 1.165) is 44.4 Å². The van der Waals surface area contributed by atoms with Gasteiger partial charge in [-0.15, -0.1) is 0 Å². The highest BCUT2D eigenvalue weighted by Gasteiger charge is 2.80. The van der Waals surface area contributed by atoms with Crippen LogP contribution >= 0.6 is 0 Å². The maximum absolute atomic E-state index is 11.8. The largest absolute Gasteiger partial charge is 0.393 e. The first-order valence-corrected chi connectivity index (χ1v) is 11.8. The zero-order valence-corrected chi connectivity index (χ0v) is 17.3. The molecule has 6 fully saturated rings. The maximum atomic E-state index is 11.8. The van der Waals surface area contributed by atoms with Crippen molar-refractivity contribution in [1.82, 2.24) is 0 Å². The highest BCUT2D eigenvalue weighted by Crippen LogP contribution is 2.82. The lowest BCUT2D eigenvalue weighted by Crippen LogP contribution is -2.65. The zero-order chi connectivity index (χ0) is 19.0.